The monoisotopic (exact) mass is 293 g/mol. The molecule has 0 radical (unpaired) electrons. The van der Waals surface area contributed by atoms with Crippen LogP contribution in [0.2, 0.25) is 0 Å². The number of nitrogens with one attached hydrogen (secondary N) is 1. The summed E-state index contributed by atoms with van der Waals surface area (Å²) in [5.41, 5.74) is 6.66. The van der Waals surface area contributed by atoms with Crippen molar-refractivity contribution in [3.05, 3.63) is 23.8 Å². The summed E-state index contributed by atoms with van der Waals surface area (Å²) in [5.74, 6) is 0.222. The van der Waals surface area contributed by atoms with Gasteiger partial charge in [0.1, 0.15) is 0 Å². The van der Waals surface area contributed by atoms with Crippen molar-refractivity contribution in [1.82, 2.24) is 10.2 Å². The highest BCUT2D eigenvalue weighted by Crippen LogP contribution is 2.28. The first kappa shape index (κ1) is 15.0. The number of amides is 2. The van der Waals surface area contributed by atoms with Crippen molar-refractivity contribution in [1.29, 1.82) is 0 Å². The molecule has 2 amide bonds. The first-order valence-electron chi connectivity index (χ1n) is 6.63. The van der Waals surface area contributed by atoms with E-state index < -0.39 is 6.09 Å². The van der Waals surface area contributed by atoms with E-state index in [1.165, 1.54) is 14.2 Å². The third-order valence-electron chi connectivity index (χ3n) is 3.46. The van der Waals surface area contributed by atoms with Gasteiger partial charge in [-0.2, -0.15) is 0 Å². The molecule has 1 unspecified atom stereocenters. The Bertz CT molecular complexity index is 547. The van der Waals surface area contributed by atoms with Crippen LogP contribution in [-0.2, 0) is 4.74 Å². The third-order valence-corrected chi connectivity index (χ3v) is 3.46. The zero-order valence-electron chi connectivity index (χ0n) is 12.1. The Kier molecular flexibility index (Phi) is 4.52. The van der Waals surface area contributed by atoms with Crippen molar-refractivity contribution >= 4 is 17.7 Å². The molecule has 1 aromatic rings. The fourth-order valence-corrected chi connectivity index (χ4v) is 2.41. The second-order valence-corrected chi connectivity index (χ2v) is 4.80. The van der Waals surface area contributed by atoms with Crippen LogP contribution in [0.5, 0.6) is 5.75 Å². The van der Waals surface area contributed by atoms with Crippen molar-refractivity contribution in [3.63, 3.8) is 0 Å². The summed E-state index contributed by atoms with van der Waals surface area (Å²) in [6.07, 6.45) is 0.196. The molecule has 1 aliphatic rings. The molecule has 1 atom stereocenters. The van der Waals surface area contributed by atoms with Crippen LogP contribution in [0.15, 0.2) is 18.2 Å². The number of hydrogen-bond acceptors (Lipinski definition) is 5. The molecule has 2 rings (SSSR count). The topological polar surface area (TPSA) is 93.9 Å². The smallest absolute Gasteiger partial charge is 0.407 e. The van der Waals surface area contributed by atoms with Crippen LogP contribution in [0.25, 0.3) is 0 Å². The minimum absolute atomic E-state index is 0.103. The van der Waals surface area contributed by atoms with E-state index in [4.69, 9.17) is 10.5 Å². The van der Waals surface area contributed by atoms with Crippen molar-refractivity contribution in [2.24, 2.45) is 0 Å². The molecule has 0 spiro atoms. The maximum atomic E-state index is 12.5. The second kappa shape index (κ2) is 6.34. The normalized spacial score (nSPS) is 17.4. The lowest BCUT2D eigenvalue weighted by molar-refractivity contribution is 0.0785. The summed E-state index contributed by atoms with van der Waals surface area (Å²) < 4.78 is 9.76. The van der Waals surface area contributed by atoms with Gasteiger partial charge in [0.15, 0.2) is 5.75 Å². The van der Waals surface area contributed by atoms with E-state index in [2.05, 4.69) is 10.1 Å². The Morgan fingerprint density at radius 2 is 2.14 bits per heavy atom. The number of benzene rings is 1. The lowest BCUT2D eigenvalue weighted by atomic mass is 10.1. The quantitative estimate of drug-likeness (QED) is 0.806. The van der Waals surface area contributed by atoms with E-state index in [0.717, 1.165) is 0 Å². The fraction of sp³-hybridized carbons (Fsp3) is 0.429. The Morgan fingerprint density at radius 3 is 2.81 bits per heavy atom. The van der Waals surface area contributed by atoms with Crippen LogP contribution >= 0.6 is 0 Å². The Hall–Kier alpha value is -2.44. The minimum atomic E-state index is -0.490. The second-order valence-electron chi connectivity index (χ2n) is 4.80. The van der Waals surface area contributed by atoms with E-state index in [-0.39, 0.29) is 11.9 Å². The number of nitrogen functional groups attached to an aromatic ring is 1. The van der Waals surface area contributed by atoms with Crippen molar-refractivity contribution in [2.45, 2.75) is 12.5 Å². The number of methoxy groups -OCH3 is 2. The Balaban J connectivity index is 2.08. The van der Waals surface area contributed by atoms with E-state index >= 15 is 0 Å². The standard InChI is InChI=1S/C14H19N3O4/c1-20-12-10(4-3-5-11(12)15)13(18)17-7-6-9(8-17)16-14(19)21-2/h3-5,9H,6-8,15H2,1-2H3,(H,16,19). The zero-order valence-corrected chi connectivity index (χ0v) is 12.1. The summed E-state index contributed by atoms with van der Waals surface area (Å²) in [5, 5.41) is 2.69. The van der Waals surface area contributed by atoms with Gasteiger partial charge in [-0.25, -0.2) is 4.79 Å². The molecule has 1 aliphatic heterocycles. The van der Waals surface area contributed by atoms with Gasteiger partial charge in [-0.3, -0.25) is 4.79 Å². The van der Waals surface area contributed by atoms with Gasteiger partial charge >= 0.3 is 6.09 Å². The molecule has 0 bridgehead atoms. The summed E-state index contributed by atoms with van der Waals surface area (Å²) in [6.45, 7) is 0.997. The van der Waals surface area contributed by atoms with Crippen LogP contribution in [0, 0.1) is 0 Å². The number of nitrogens with two attached hydrogens (primary N) is 1. The SMILES string of the molecule is COC(=O)NC1CCN(C(=O)c2cccc(N)c2OC)C1. The van der Waals surface area contributed by atoms with E-state index in [0.29, 0.717) is 36.5 Å². The molecule has 7 heteroatoms. The van der Waals surface area contributed by atoms with Crippen molar-refractivity contribution in [3.8, 4) is 5.75 Å². The van der Waals surface area contributed by atoms with E-state index in [9.17, 15) is 9.59 Å². The summed E-state index contributed by atoms with van der Waals surface area (Å²) in [6, 6.07) is 4.97. The maximum absolute atomic E-state index is 12.5. The highest BCUT2D eigenvalue weighted by Gasteiger charge is 2.29. The van der Waals surface area contributed by atoms with Crippen LogP contribution < -0.4 is 15.8 Å². The molecular weight excluding hydrogens is 274 g/mol. The molecule has 1 fully saturated rings. The van der Waals surface area contributed by atoms with Gasteiger partial charge in [-0.05, 0) is 18.6 Å². The zero-order chi connectivity index (χ0) is 15.4. The number of nitrogens with zero attached hydrogens (tertiary/aromatic N) is 1. The molecule has 0 aliphatic carbocycles. The molecule has 7 nitrogen and oxygen atoms in total. The number of rotatable bonds is 3. The molecule has 1 aromatic carbocycles. The first-order valence-corrected chi connectivity index (χ1v) is 6.63. The number of carbonyl (C=O) groups excluding carboxylic acids is 2. The molecule has 1 heterocycles. The van der Waals surface area contributed by atoms with Gasteiger partial charge in [-0.1, -0.05) is 6.07 Å². The van der Waals surface area contributed by atoms with Crippen LogP contribution in [0.3, 0.4) is 0 Å². The van der Waals surface area contributed by atoms with Gasteiger partial charge < -0.3 is 25.4 Å². The number of anilines is 1. The first-order chi connectivity index (χ1) is 10.1. The molecule has 114 valence electrons. The van der Waals surface area contributed by atoms with E-state index in [1.54, 1.807) is 23.1 Å². The van der Waals surface area contributed by atoms with Crippen LogP contribution in [0.4, 0.5) is 10.5 Å². The van der Waals surface area contributed by atoms with Gasteiger partial charge in [0.05, 0.1) is 31.5 Å². The molecule has 1 saturated heterocycles. The predicted molar refractivity (Wildman–Crippen MR) is 77.3 cm³/mol. The molecular formula is C14H19N3O4. The van der Waals surface area contributed by atoms with Crippen LogP contribution in [-0.4, -0.2) is 50.3 Å². The number of para-hydroxylation sites is 1. The van der Waals surface area contributed by atoms with Gasteiger partial charge in [0, 0.05) is 13.1 Å². The van der Waals surface area contributed by atoms with Gasteiger partial charge in [0.25, 0.3) is 5.91 Å². The molecule has 0 saturated carbocycles. The number of hydrogen-bond donors (Lipinski definition) is 2. The summed E-state index contributed by atoms with van der Waals surface area (Å²) in [7, 11) is 2.79. The maximum Gasteiger partial charge on any atom is 0.407 e. The molecule has 21 heavy (non-hydrogen) atoms. The minimum Gasteiger partial charge on any atom is -0.494 e. The van der Waals surface area contributed by atoms with Crippen molar-refractivity contribution in [2.75, 3.05) is 33.0 Å². The number of likely N-dealkylation sites (tertiary alicyclic amines) is 1. The molecule has 3 N–H and O–H groups in total. The predicted octanol–water partition coefficient (Wildman–Crippen LogP) is 0.848. The third kappa shape index (κ3) is 3.18. The Morgan fingerprint density at radius 1 is 1.38 bits per heavy atom. The Labute approximate surface area is 123 Å². The van der Waals surface area contributed by atoms with Gasteiger partial charge in [0.2, 0.25) is 0 Å². The summed E-state index contributed by atoms with van der Waals surface area (Å²) in [4.78, 5) is 25.4. The number of carbonyl (C=O) groups is 2. The van der Waals surface area contributed by atoms with Crippen LogP contribution in [0.1, 0.15) is 16.8 Å². The average Bonchev–Trinajstić information content (AvgIpc) is 2.94. The van der Waals surface area contributed by atoms with E-state index in [1.807, 2.05) is 0 Å². The highest BCUT2D eigenvalue weighted by atomic mass is 16.5. The van der Waals surface area contributed by atoms with Crippen molar-refractivity contribution < 1.29 is 19.1 Å². The highest BCUT2D eigenvalue weighted by molar-refractivity contribution is 5.98. The lowest BCUT2D eigenvalue weighted by Gasteiger charge is -2.19. The van der Waals surface area contributed by atoms with Gasteiger partial charge in [-0.15, -0.1) is 0 Å². The lowest BCUT2D eigenvalue weighted by Crippen LogP contribution is -2.38. The number of ether oxygens (including phenoxy) is 2. The molecule has 0 aromatic heterocycles. The largest absolute Gasteiger partial charge is 0.494 e. The summed E-state index contributed by atoms with van der Waals surface area (Å²) >= 11 is 0. The average molecular weight is 293 g/mol. The fourth-order valence-electron chi connectivity index (χ4n) is 2.41. The number of alkyl carbamates (subject to hydrolysis) is 1.